The minimum Gasteiger partial charge on any atom is -0.360 e. The third-order valence-corrected chi connectivity index (χ3v) is 8.27. The maximum Gasteiger partial charge on any atom is 0.262 e. The summed E-state index contributed by atoms with van der Waals surface area (Å²) in [4.78, 5) is 21.1. The molecular weight excluding hydrogens is 436 g/mol. The van der Waals surface area contributed by atoms with Crippen molar-refractivity contribution in [2.24, 2.45) is 13.0 Å². The SMILES string of the molecule is Cc1nc(S(=O)(=O)N2CCC(C(=O)NCCNc3nc4ccccc4s3)CC2)cn1C. The molecule has 2 aromatic heterocycles. The largest absolute Gasteiger partial charge is 0.360 e. The highest BCUT2D eigenvalue weighted by molar-refractivity contribution is 7.89. The second-order valence-electron chi connectivity index (χ2n) is 7.62. The van der Waals surface area contributed by atoms with Gasteiger partial charge in [0.1, 0.15) is 5.82 Å². The van der Waals surface area contributed by atoms with Gasteiger partial charge in [0.2, 0.25) is 5.91 Å². The first kappa shape index (κ1) is 21.7. The van der Waals surface area contributed by atoms with Crippen LogP contribution in [0.3, 0.4) is 0 Å². The van der Waals surface area contributed by atoms with Crippen LogP contribution in [-0.2, 0) is 21.9 Å². The van der Waals surface area contributed by atoms with Crippen molar-refractivity contribution in [2.45, 2.75) is 24.8 Å². The zero-order valence-corrected chi connectivity index (χ0v) is 19.2. The number of anilines is 1. The van der Waals surface area contributed by atoms with Gasteiger partial charge in [0.25, 0.3) is 10.0 Å². The number of fused-ring (bicyclic) bond motifs is 1. The Morgan fingerprint density at radius 1 is 1.19 bits per heavy atom. The molecular formula is C20H26N6O3S2. The zero-order chi connectivity index (χ0) is 22.0. The van der Waals surface area contributed by atoms with E-state index < -0.39 is 10.0 Å². The molecule has 0 unspecified atom stereocenters. The molecule has 1 saturated heterocycles. The van der Waals surface area contributed by atoms with Crippen LogP contribution in [0.2, 0.25) is 0 Å². The summed E-state index contributed by atoms with van der Waals surface area (Å²) in [6, 6.07) is 7.94. The molecule has 0 aliphatic carbocycles. The fourth-order valence-electron chi connectivity index (χ4n) is 3.59. The number of nitrogens with zero attached hydrogens (tertiary/aromatic N) is 4. The molecule has 1 aromatic carbocycles. The molecule has 1 amide bonds. The van der Waals surface area contributed by atoms with Crippen molar-refractivity contribution < 1.29 is 13.2 Å². The lowest BCUT2D eigenvalue weighted by molar-refractivity contribution is -0.126. The monoisotopic (exact) mass is 462 g/mol. The molecule has 1 fully saturated rings. The maximum atomic E-state index is 12.8. The van der Waals surface area contributed by atoms with E-state index in [4.69, 9.17) is 0 Å². The van der Waals surface area contributed by atoms with Gasteiger partial charge in [-0.05, 0) is 31.9 Å². The van der Waals surface area contributed by atoms with Crippen molar-refractivity contribution in [3.05, 3.63) is 36.3 Å². The molecule has 0 atom stereocenters. The molecule has 0 saturated carbocycles. The van der Waals surface area contributed by atoms with Gasteiger partial charge in [0.15, 0.2) is 10.2 Å². The van der Waals surface area contributed by atoms with Crippen LogP contribution < -0.4 is 10.6 Å². The topological polar surface area (TPSA) is 109 Å². The van der Waals surface area contributed by atoms with Crippen LogP contribution in [0.15, 0.2) is 35.5 Å². The maximum absolute atomic E-state index is 12.8. The summed E-state index contributed by atoms with van der Waals surface area (Å²) in [5.41, 5.74) is 0.960. The third-order valence-electron chi connectivity index (χ3n) is 5.51. The number of benzene rings is 1. The second kappa shape index (κ2) is 8.93. The number of aromatic nitrogens is 3. The Kier molecular flexibility index (Phi) is 6.26. The van der Waals surface area contributed by atoms with Crippen LogP contribution in [0, 0.1) is 12.8 Å². The molecule has 1 aliphatic heterocycles. The Hall–Kier alpha value is -2.50. The van der Waals surface area contributed by atoms with E-state index in [1.807, 2.05) is 24.3 Å². The summed E-state index contributed by atoms with van der Waals surface area (Å²) in [5.74, 6) is 0.434. The lowest BCUT2D eigenvalue weighted by Gasteiger charge is -2.29. The number of thiazole rings is 1. The Morgan fingerprint density at radius 2 is 1.94 bits per heavy atom. The molecule has 4 rings (SSSR count). The number of carbonyl (C=O) groups excluding carboxylic acids is 1. The summed E-state index contributed by atoms with van der Waals surface area (Å²) >= 11 is 1.58. The predicted octanol–water partition coefficient (Wildman–Crippen LogP) is 1.97. The number of aryl methyl sites for hydroxylation is 2. The van der Waals surface area contributed by atoms with E-state index in [-0.39, 0.29) is 16.9 Å². The van der Waals surface area contributed by atoms with Gasteiger partial charge in [-0.1, -0.05) is 23.5 Å². The van der Waals surface area contributed by atoms with Crippen LogP contribution in [0.1, 0.15) is 18.7 Å². The molecule has 31 heavy (non-hydrogen) atoms. The number of hydrogen-bond acceptors (Lipinski definition) is 7. The van der Waals surface area contributed by atoms with E-state index in [1.165, 1.54) is 10.5 Å². The van der Waals surface area contributed by atoms with Gasteiger partial charge in [0.05, 0.1) is 10.2 Å². The minimum absolute atomic E-state index is 0.0307. The number of imidazole rings is 1. The van der Waals surface area contributed by atoms with E-state index in [9.17, 15) is 13.2 Å². The normalized spacial score (nSPS) is 15.9. The van der Waals surface area contributed by atoms with Gasteiger partial charge in [-0.15, -0.1) is 0 Å². The Morgan fingerprint density at radius 3 is 2.61 bits per heavy atom. The van der Waals surface area contributed by atoms with E-state index in [0.717, 1.165) is 15.3 Å². The average molecular weight is 463 g/mol. The van der Waals surface area contributed by atoms with Gasteiger partial charge in [-0.2, -0.15) is 4.31 Å². The highest BCUT2D eigenvalue weighted by atomic mass is 32.2. The van der Waals surface area contributed by atoms with E-state index in [2.05, 4.69) is 20.6 Å². The highest BCUT2D eigenvalue weighted by Gasteiger charge is 2.33. The molecule has 1 aliphatic rings. The van der Waals surface area contributed by atoms with Crippen molar-refractivity contribution in [1.29, 1.82) is 0 Å². The molecule has 166 valence electrons. The molecule has 2 N–H and O–H groups in total. The molecule has 0 spiro atoms. The van der Waals surface area contributed by atoms with Gasteiger partial charge in [-0.25, -0.2) is 18.4 Å². The summed E-state index contributed by atoms with van der Waals surface area (Å²) in [5, 5.41) is 7.08. The molecule has 0 radical (unpaired) electrons. The fraction of sp³-hybridized carbons (Fsp3) is 0.450. The zero-order valence-electron chi connectivity index (χ0n) is 17.5. The van der Waals surface area contributed by atoms with Crippen molar-refractivity contribution in [3.8, 4) is 0 Å². The Bertz CT molecular complexity index is 1130. The highest BCUT2D eigenvalue weighted by Crippen LogP contribution is 2.25. The van der Waals surface area contributed by atoms with Gasteiger partial charge >= 0.3 is 0 Å². The first-order valence-corrected chi connectivity index (χ1v) is 12.5. The van der Waals surface area contributed by atoms with Crippen LogP contribution in [0.25, 0.3) is 10.2 Å². The minimum atomic E-state index is -3.62. The van der Waals surface area contributed by atoms with Crippen molar-refractivity contribution in [3.63, 3.8) is 0 Å². The second-order valence-corrected chi connectivity index (χ2v) is 10.5. The molecule has 3 heterocycles. The quantitative estimate of drug-likeness (QED) is 0.520. The third kappa shape index (κ3) is 4.73. The van der Waals surface area contributed by atoms with E-state index >= 15 is 0 Å². The standard InChI is InChI=1S/C20H26N6O3S2/c1-14-23-18(13-25(14)2)31(28,29)26-11-7-15(8-12-26)19(27)21-9-10-22-20-24-16-5-3-4-6-17(16)30-20/h3-6,13,15H,7-12H2,1-2H3,(H,21,27)(H,22,24). The number of para-hydroxylation sites is 1. The number of hydrogen-bond donors (Lipinski definition) is 2. The molecule has 3 aromatic rings. The lowest BCUT2D eigenvalue weighted by atomic mass is 9.97. The number of piperidine rings is 1. The number of carbonyl (C=O) groups is 1. The first-order valence-electron chi connectivity index (χ1n) is 10.2. The summed E-state index contributed by atoms with van der Waals surface area (Å²) in [6.07, 6.45) is 2.53. The number of sulfonamides is 1. The number of rotatable bonds is 7. The fourth-order valence-corrected chi connectivity index (χ4v) is 5.97. The van der Waals surface area contributed by atoms with Crippen LogP contribution >= 0.6 is 11.3 Å². The van der Waals surface area contributed by atoms with Crippen molar-refractivity contribution >= 4 is 42.6 Å². The smallest absolute Gasteiger partial charge is 0.262 e. The molecule has 11 heteroatoms. The predicted molar refractivity (Wildman–Crippen MR) is 121 cm³/mol. The van der Waals surface area contributed by atoms with Gasteiger partial charge in [-0.3, -0.25) is 4.79 Å². The van der Waals surface area contributed by atoms with Gasteiger partial charge in [0, 0.05) is 45.3 Å². The number of amides is 1. The van der Waals surface area contributed by atoms with Crippen LogP contribution in [0.4, 0.5) is 5.13 Å². The molecule has 0 bridgehead atoms. The average Bonchev–Trinajstić information content (AvgIpc) is 3.34. The van der Waals surface area contributed by atoms with Gasteiger partial charge < -0.3 is 15.2 Å². The lowest BCUT2D eigenvalue weighted by Crippen LogP contribution is -2.43. The van der Waals surface area contributed by atoms with Crippen LogP contribution in [0.5, 0.6) is 0 Å². The Labute approximate surface area is 185 Å². The van der Waals surface area contributed by atoms with E-state index in [0.29, 0.717) is 44.8 Å². The summed E-state index contributed by atoms with van der Waals surface area (Å²) in [7, 11) is -1.85. The number of nitrogens with one attached hydrogen (secondary N) is 2. The van der Waals surface area contributed by atoms with Crippen molar-refractivity contribution in [1.82, 2.24) is 24.2 Å². The first-order chi connectivity index (χ1) is 14.8. The van der Waals surface area contributed by atoms with Crippen LogP contribution in [-0.4, -0.2) is 59.3 Å². The molecule has 9 nitrogen and oxygen atoms in total. The summed E-state index contributed by atoms with van der Waals surface area (Å²) in [6.45, 7) is 3.47. The summed E-state index contributed by atoms with van der Waals surface area (Å²) < 4.78 is 29.8. The van der Waals surface area contributed by atoms with Crippen molar-refractivity contribution in [2.75, 3.05) is 31.5 Å². The van der Waals surface area contributed by atoms with E-state index in [1.54, 1.807) is 29.9 Å². The Balaban J connectivity index is 1.22.